The second-order valence-corrected chi connectivity index (χ2v) is 10.6. The highest BCUT2D eigenvalue weighted by Crippen LogP contribution is 2.34. The average Bonchev–Trinajstić information content (AvgIpc) is 3.45. The molecule has 2 aromatic rings. The predicted molar refractivity (Wildman–Crippen MR) is 138 cm³/mol. The first kappa shape index (κ1) is 24.0. The number of nitrogens with zero attached hydrogens (tertiary/aromatic N) is 6. The zero-order chi connectivity index (χ0) is 24.4. The molecule has 1 aromatic carbocycles. The van der Waals surface area contributed by atoms with Gasteiger partial charge in [-0.05, 0) is 69.8 Å². The van der Waals surface area contributed by atoms with Gasteiger partial charge in [0.2, 0.25) is 6.54 Å². The van der Waals surface area contributed by atoms with Gasteiger partial charge in [-0.2, -0.15) is 9.97 Å². The number of hydrogen-bond acceptors (Lipinski definition) is 6. The third-order valence-corrected chi connectivity index (χ3v) is 8.16. The molecule has 2 atom stereocenters. The van der Waals surface area contributed by atoms with Crippen molar-refractivity contribution in [2.24, 2.45) is 5.92 Å². The zero-order valence-electron chi connectivity index (χ0n) is 21.5. The minimum Gasteiger partial charge on any atom is -0.462 e. The van der Waals surface area contributed by atoms with Gasteiger partial charge in [0, 0.05) is 50.2 Å². The fourth-order valence-electron chi connectivity index (χ4n) is 5.84. The summed E-state index contributed by atoms with van der Waals surface area (Å²) in [4.78, 5) is 20.8. The van der Waals surface area contributed by atoms with Crippen LogP contribution in [0.3, 0.4) is 0 Å². The molecule has 0 bridgehead atoms. The molecular formula is C28H38N6O. The van der Waals surface area contributed by atoms with E-state index in [1.54, 1.807) is 0 Å². The molecule has 4 heterocycles. The molecule has 5 rings (SSSR count). The topological polar surface area (TPSA) is 49.1 Å². The number of ether oxygens (including phenoxy) is 1. The molecule has 7 nitrogen and oxygen atoms in total. The third kappa shape index (κ3) is 5.29. The Morgan fingerprint density at radius 2 is 1.97 bits per heavy atom. The zero-order valence-corrected chi connectivity index (χ0v) is 21.5. The Bertz CT molecular complexity index is 1100. The molecule has 1 aromatic heterocycles. The second-order valence-electron chi connectivity index (χ2n) is 10.6. The molecule has 0 amide bonds. The van der Waals surface area contributed by atoms with Crippen LogP contribution >= 0.6 is 0 Å². The lowest BCUT2D eigenvalue weighted by Crippen LogP contribution is -2.38. The van der Waals surface area contributed by atoms with Crippen LogP contribution in [0.25, 0.3) is 4.85 Å². The first-order valence-electron chi connectivity index (χ1n) is 13.1. The quantitative estimate of drug-likeness (QED) is 0.560. The second kappa shape index (κ2) is 10.5. The van der Waals surface area contributed by atoms with E-state index in [-0.39, 0.29) is 0 Å². The Kier molecular flexibility index (Phi) is 7.22. The van der Waals surface area contributed by atoms with Crippen molar-refractivity contribution in [1.29, 1.82) is 0 Å². The lowest BCUT2D eigenvalue weighted by Gasteiger charge is -2.32. The Morgan fingerprint density at radius 3 is 2.77 bits per heavy atom. The maximum absolute atomic E-state index is 7.33. The van der Waals surface area contributed by atoms with E-state index in [1.165, 1.54) is 35.1 Å². The maximum Gasteiger partial charge on any atom is 0.318 e. The van der Waals surface area contributed by atoms with E-state index in [0.29, 0.717) is 31.1 Å². The van der Waals surface area contributed by atoms with Gasteiger partial charge in [0.15, 0.2) is 0 Å². The van der Waals surface area contributed by atoms with Crippen LogP contribution < -0.4 is 9.64 Å². The van der Waals surface area contributed by atoms with Gasteiger partial charge in [-0.15, -0.1) is 0 Å². The number of piperidine rings is 1. The smallest absolute Gasteiger partial charge is 0.318 e. The number of anilines is 1. The first-order chi connectivity index (χ1) is 17.0. The highest BCUT2D eigenvalue weighted by Gasteiger charge is 2.32. The Labute approximate surface area is 209 Å². The van der Waals surface area contributed by atoms with E-state index in [4.69, 9.17) is 21.3 Å². The standard InChI is InChI=1S/C28H38N6O/c1-20-8-5-10-23(21(20)2)16-33-17-25-26(18-33)30-28(35-19-24-11-7-12-32(24)4)31-27(25)34-13-6-9-22(15-34)14-29-3/h5,8,10,22,24H,6-7,9,11-19H2,1-2,4H3/t22-,24-/m0/s1. The molecule has 0 unspecified atom stereocenters. The van der Waals surface area contributed by atoms with Gasteiger partial charge in [0.05, 0.1) is 5.69 Å². The molecule has 3 aliphatic rings. The van der Waals surface area contributed by atoms with Crippen LogP contribution in [0.2, 0.25) is 0 Å². The van der Waals surface area contributed by atoms with Crippen LogP contribution in [0.1, 0.15) is 53.6 Å². The highest BCUT2D eigenvalue weighted by molar-refractivity contribution is 5.52. The molecule has 186 valence electrons. The normalized spacial score (nSPS) is 22.9. The number of aryl methyl sites for hydroxylation is 1. The highest BCUT2D eigenvalue weighted by atomic mass is 16.5. The molecule has 0 aliphatic carbocycles. The summed E-state index contributed by atoms with van der Waals surface area (Å²) in [7, 11) is 2.17. The van der Waals surface area contributed by atoms with E-state index >= 15 is 0 Å². The van der Waals surface area contributed by atoms with Crippen LogP contribution in [0, 0.1) is 26.3 Å². The van der Waals surface area contributed by atoms with Crippen LogP contribution in [-0.2, 0) is 19.6 Å². The lowest BCUT2D eigenvalue weighted by molar-refractivity contribution is 0.187. The lowest BCUT2D eigenvalue weighted by atomic mass is 9.98. The number of rotatable bonds is 7. The van der Waals surface area contributed by atoms with Crippen molar-refractivity contribution in [3.05, 3.63) is 57.6 Å². The third-order valence-electron chi connectivity index (χ3n) is 8.16. The van der Waals surface area contributed by atoms with Gasteiger partial charge in [-0.25, -0.2) is 6.57 Å². The summed E-state index contributed by atoms with van der Waals surface area (Å²) in [6.45, 7) is 18.6. The molecule has 0 saturated carbocycles. The number of likely N-dealkylation sites (N-methyl/N-ethyl adjacent to an activating group) is 1. The SMILES string of the molecule is [C-]#[N+]C[C@@H]1CCCN(c2nc(OC[C@@H]3CCCN3C)nc3c2CN(Cc2cccc(C)c2C)C3)C1. The minimum atomic E-state index is 0.413. The molecule has 3 aliphatic heterocycles. The molecule has 2 fully saturated rings. The van der Waals surface area contributed by atoms with Crippen molar-refractivity contribution in [3.63, 3.8) is 0 Å². The van der Waals surface area contributed by atoms with Crippen LogP contribution in [0.15, 0.2) is 18.2 Å². The van der Waals surface area contributed by atoms with Gasteiger partial charge in [-0.3, -0.25) is 4.90 Å². The van der Waals surface area contributed by atoms with Gasteiger partial charge in [-0.1, -0.05) is 18.2 Å². The molecule has 7 heteroatoms. The Morgan fingerprint density at radius 1 is 1.11 bits per heavy atom. The summed E-state index contributed by atoms with van der Waals surface area (Å²) < 4.78 is 6.22. The molecular weight excluding hydrogens is 436 g/mol. The first-order valence-corrected chi connectivity index (χ1v) is 13.1. The number of benzene rings is 1. The Hall–Kier alpha value is -2.69. The van der Waals surface area contributed by atoms with Gasteiger partial charge >= 0.3 is 6.01 Å². The van der Waals surface area contributed by atoms with Crippen molar-refractivity contribution in [3.8, 4) is 6.01 Å². The summed E-state index contributed by atoms with van der Waals surface area (Å²) in [5.74, 6) is 1.44. The molecule has 0 N–H and O–H groups in total. The molecule has 0 radical (unpaired) electrons. The monoisotopic (exact) mass is 474 g/mol. The van der Waals surface area contributed by atoms with E-state index in [0.717, 1.165) is 63.6 Å². The number of aromatic nitrogens is 2. The predicted octanol–water partition coefficient (Wildman–Crippen LogP) is 4.22. The van der Waals surface area contributed by atoms with E-state index in [9.17, 15) is 0 Å². The molecule has 35 heavy (non-hydrogen) atoms. The van der Waals surface area contributed by atoms with Crippen molar-refractivity contribution in [1.82, 2.24) is 19.8 Å². The van der Waals surface area contributed by atoms with Crippen LogP contribution in [0.4, 0.5) is 5.82 Å². The summed E-state index contributed by atoms with van der Waals surface area (Å²) in [6.07, 6.45) is 4.63. The maximum atomic E-state index is 7.33. The number of hydrogen-bond donors (Lipinski definition) is 0. The van der Waals surface area contributed by atoms with Gasteiger partial charge in [0.25, 0.3) is 0 Å². The van der Waals surface area contributed by atoms with E-state index in [2.05, 4.69) is 58.6 Å². The van der Waals surface area contributed by atoms with Crippen LogP contribution in [-0.4, -0.2) is 65.6 Å². The average molecular weight is 475 g/mol. The largest absolute Gasteiger partial charge is 0.462 e. The number of fused-ring (bicyclic) bond motifs is 1. The fourth-order valence-corrected chi connectivity index (χ4v) is 5.84. The summed E-state index contributed by atoms with van der Waals surface area (Å²) in [5.41, 5.74) is 6.43. The van der Waals surface area contributed by atoms with E-state index < -0.39 is 0 Å². The molecule has 0 spiro atoms. The van der Waals surface area contributed by atoms with Crippen molar-refractivity contribution in [2.75, 3.05) is 44.7 Å². The van der Waals surface area contributed by atoms with Crippen molar-refractivity contribution >= 4 is 5.82 Å². The van der Waals surface area contributed by atoms with Crippen LogP contribution in [0.5, 0.6) is 6.01 Å². The van der Waals surface area contributed by atoms with Crippen molar-refractivity contribution < 1.29 is 4.74 Å². The summed E-state index contributed by atoms with van der Waals surface area (Å²) in [6, 6.07) is 7.53. The summed E-state index contributed by atoms with van der Waals surface area (Å²) in [5, 5.41) is 0. The fraction of sp³-hybridized carbons (Fsp3) is 0.607. The minimum absolute atomic E-state index is 0.413. The van der Waals surface area contributed by atoms with Crippen molar-refractivity contribution in [2.45, 2.75) is 65.2 Å². The van der Waals surface area contributed by atoms with Gasteiger partial charge < -0.3 is 19.4 Å². The van der Waals surface area contributed by atoms with E-state index in [1.807, 2.05) is 0 Å². The Balaban J connectivity index is 1.39. The number of likely N-dealkylation sites (tertiary alicyclic amines) is 1. The van der Waals surface area contributed by atoms with Gasteiger partial charge in [0.1, 0.15) is 12.4 Å². The molecule has 2 saturated heterocycles. The summed E-state index contributed by atoms with van der Waals surface area (Å²) >= 11 is 0.